The number of hydrogen-bond acceptors (Lipinski definition) is 6. The van der Waals surface area contributed by atoms with E-state index in [1.165, 1.54) is 19.1 Å². The molecule has 2 heterocycles. The third-order valence-corrected chi connectivity index (χ3v) is 5.62. The maximum Gasteiger partial charge on any atom is 0.308 e. The largest absolute Gasteiger partial charge is 0.463 e. The van der Waals surface area contributed by atoms with Crippen molar-refractivity contribution in [1.82, 2.24) is 0 Å². The molecule has 2 aromatic carbocycles. The Hall–Kier alpha value is -3.35. The number of nitrogens with zero attached hydrogens (tertiary/aromatic N) is 2. The van der Waals surface area contributed by atoms with E-state index in [4.69, 9.17) is 9.47 Å². The molecule has 1 atom stereocenters. The van der Waals surface area contributed by atoms with Crippen LogP contribution in [0, 0.1) is 10.1 Å². The summed E-state index contributed by atoms with van der Waals surface area (Å²) in [7, 11) is 1.94. The van der Waals surface area contributed by atoms with Gasteiger partial charge in [0.25, 0.3) is 5.69 Å². The molecule has 28 heavy (non-hydrogen) atoms. The van der Waals surface area contributed by atoms with Crippen molar-refractivity contribution in [3.63, 3.8) is 0 Å². The fourth-order valence-electron chi connectivity index (χ4n) is 4.12. The summed E-state index contributed by atoms with van der Waals surface area (Å²) in [5.74, 6) is 0.699. The first kappa shape index (κ1) is 18.0. The van der Waals surface area contributed by atoms with Crippen molar-refractivity contribution in [1.29, 1.82) is 0 Å². The number of benzene rings is 2. The molecule has 4 rings (SSSR count). The van der Waals surface area contributed by atoms with Crippen molar-refractivity contribution < 1.29 is 19.2 Å². The van der Waals surface area contributed by atoms with Crippen LogP contribution in [0.4, 0.5) is 11.4 Å². The Morgan fingerprint density at radius 3 is 2.64 bits per heavy atom. The highest BCUT2D eigenvalue weighted by Crippen LogP contribution is 2.55. The third-order valence-electron chi connectivity index (χ3n) is 5.62. The standard InChI is InChI=1S/C21H20N2O5/c1-13(24)27-16-6-7-18-17(12-16)20(2,3)21(22(18)4)10-9-14-11-15(23(25)26)5-8-19(14)28-21/h5-12H,1-4H3/t21-/m1/s1. The lowest BCUT2D eigenvalue weighted by atomic mass is 9.76. The molecule has 0 amide bonds. The maximum atomic E-state index is 11.3. The zero-order valence-electron chi connectivity index (χ0n) is 16.1. The van der Waals surface area contributed by atoms with Gasteiger partial charge in [-0.25, -0.2) is 0 Å². The Morgan fingerprint density at radius 1 is 1.21 bits per heavy atom. The quantitative estimate of drug-likeness (QED) is 0.338. The molecule has 0 saturated heterocycles. The van der Waals surface area contributed by atoms with Crippen LogP contribution in [0.2, 0.25) is 0 Å². The number of non-ortho nitro benzene ring substituents is 1. The van der Waals surface area contributed by atoms with Crippen LogP contribution in [0.15, 0.2) is 42.5 Å². The number of nitro benzene ring substituents is 1. The van der Waals surface area contributed by atoms with Crippen LogP contribution in [-0.2, 0) is 10.2 Å². The van der Waals surface area contributed by atoms with Crippen molar-refractivity contribution in [3.8, 4) is 11.5 Å². The third kappa shape index (κ3) is 2.39. The molecule has 7 heteroatoms. The molecular weight excluding hydrogens is 360 g/mol. The number of anilines is 1. The summed E-state index contributed by atoms with van der Waals surface area (Å²) >= 11 is 0. The van der Waals surface area contributed by atoms with Gasteiger partial charge in [0.2, 0.25) is 5.72 Å². The van der Waals surface area contributed by atoms with Gasteiger partial charge in [0.05, 0.1) is 10.3 Å². The topological polar surface area (TPSA) is 81.9 Å². The van der Waals surface area contributed by atoms with E-state index in [0.29, 0.717) is 17.1 Å². The summed E-state index contributed by atoms with van der Waals surface area (Å²) in [4.78, 5) is 24.0. The van der Waals surface area contributed by atoms with E-state index in [2.05, 4.69) is 13.8 Å². The van der Waals surface area contributed by atoms with E-state index in [1.807, 2.05) is 36.2 Å². The van der Waals surface area contributed by atoms with Crippen molar-refractivity contribution in [3.05, 3.63) is 63.7 Å². The first-order valence-corrected chi connectivity index (χ1v) is 8.89. The fourth-order valence-corrected chi connectivity index (χ4v) is 4.12. The van der Waals surface area contributed by atoms with Gasteiger partial charge in [-0.15, -0.1) is 0 Å². The van der Waals surface area contributed by atoms with Gasteiger partial charge in [0.15, 0.2) is 0 Å². The summed E-state index contributed by atoms with van der Waals surface area (Å²) < 4.78 is 11.7. The first-order valence-electron chi connectivity index (χ1n) is 8.89. The molecule has 2 aromatic rings. The van der Waals surface area contributed by atoms with Crippen LogP contribution in [0.3, 0.4) is 0 Å². The second kappa shape index (κ2) is 5.82. The molecule has 0 aromatic heterocycles. The molecule has 2 aliphatic heterocycles. The number of esters is 1. The second-order valence-corrected chi connectivity index (χ2v) is 7.57. The number of nitro groups is 1. The SMILES string of the molecule is CC(=O)Oc1ccc2c(c1)C(C)(C)[C@]1(C=Cc3cc([N+](=O)[O-])ccc3O1)N2C. The number of hydrogen-bond donors (Lipinski definition) is 0. The summed E-state index contributed by atoms with van der Waals surface area (Å²) in [5.41, 5.74) is 1.35. The van der Waals surface area contributed by atoms with E-state index in [9.17, 15) is 14.9 Å². The Morgan fingerprint density at radius 2 is 1.96 bits per heavy atom. The molecule has 2 aliphatic rings. The van der Waals surface area contributed by atoms with Crippen LogP contribution >= 0.6 is 0 Å². The minimum atomic E-state index is -0.812. The van der Waals surface area contributed by atoms with Gasteiger partial charge in [-0.2, -0.15) is 0 Å². The molecule has 144 valence electrons. The summed E-state index contributed by atoms with van der Waals surface area (Å²) in [5, 5.41) is 11.0. The van der Waals surface area contributed by atoms with E-state index in [-0.39, 0.29) is 11.7 Å². The van der Waals surface area contributed by atoms with Gasteiger partial charge in [-0.1, -0.05) is 0 Å². The van der Waals surface area contributed by atoms with Gasteiger partial charge in [0.1, 0.15) is 11.5 Å². The average Bonchev–Trinajstić information content (AvgIpc) is 2.79. The van der Waals surface area contributed by atoms with E-state index < -0.39 is 16.1 Å². The molecule has 0 fully saturated rings. The van der Waals surface area contributed by atoms with Crippen LogP contribution in [0.1, 0.15) is 31.9 Å². The highest BCUT2D eigenvalue weighted by molar-refractivity contribution is 5.75. The zero-order valence-corrected chi connectivity index (χ0v) is 16.1. The molecular formula is C21H20N2O5. The number of ether oxygens (including phenoxy) is 2. The van der Waals surface area contributed by atoms with Crippen LogP contribution < -0.4 is 14.4 Å². The predicted molar refractivity (Wildman–Crippen MR) is 105 cm³/mol. The minimum Gasteiger partial charge on any atom is -0.463 e. The smallest absolute Gasteiger partial charge is 0.308 e. The zero-order chi connectivity index (χ0) is 20.3. The molecule has 0 aliphatic carbocycles. The molecule has 0 radical (unpaired) electrons. The van der Waals surface area contributed by atoms with E-state index in [0.717, 1.165) is 11.3 Å². The van der Waals surface area contributed by atoms with Crippen molar-refractivity contribution >= 4 is 23.4 Å². The lowest BCUT2D eigenvalue weighted by Gasteiger charge is -2.45. The molecule has 0 bridgehead atoms. The van der Waals surface area contributed by atoms with Gasteiger partial charge < -0.3 is 14.4 Å². The van der Waals surface area contributed by atoms with Crippen LogP contribution in [-0.4, -0.2) is 23.7 Å². The number of rotatable bonds is 2. The van der Waals surface area contributed by atoms with E-state index >= 15 is 0 Å². The molecule has 0 N–H and O–H groups in total. The lowest BCUT2D eigenvalue weighted by Crippen LogP contribution is -2.58. The number of fused-ring (bicyclic) bond motifs is 2. The van der Waals surface area contributed by atoms with Crippen molar-refractivity contribution in [2.45, 2.75) is 31.9 Å². The second-order valence-electron chi connectivity index (χ2n) is 7.57. The minimum absolute atomic E-state index is 0.0243. The van der Waals surface area contributed by atoms with Crippen molar-refractivity contribution in [2.75, 3.05) is 11.9 Å². The Labute approximate surface area is 162 Å². The highest BCUT2D eigenvalue weighted by atomic mass is 16.6. The Bertz CT molecular complexity index is 1040. The number of likely N-dealkylation sites (N-methyl/N-ethyl adjacent to an activating group) is 1. The van der Waals surface area contributed by atoms with Gasteiger partial charge in [-0.05, 0) is 55.8 Å². The lowest BCUT2D eigenvalue weighted by molar-refractivity contribution is -0.384. The molecule has 0 saturated carbocycles. The fraction of sp³-hybridized carbons (Fsp3) is 0.286. The monoisotopic (exact) mass is 380 g/mol. The summed E-state index contributed by atoms with van der Waals surface area (Å²) in [6.45, 7) is 5.50. The molecule has 7 nitrogen and oxygen atoms in total. The number of carbonyl (C=O) groups excluding carboxylic acids is 1. The number of carbonyl (C=O) groups is 1. The van der Waals surface area contributed by atoms with Crippen molar-refractivity contribution in [2.24, 2.45) is 0 Å². The average molecular weight is 380 g/mol. The van der Waals surface area contributed by atoms with Gasteiger partial charge in [0, 0.05) is 37.4 Å². The summed E-state index contributed by atoms with van der Waals surface area (Å²) in [6.07, 6.45) is 3.80. The van der Waals surface area contributed by atoms with Gasteiger partial charge >= 0.3 is 5.97 Å². The normalized spacial score (nSPS) is 21.1. The Balaban J connectivity index is 1.79. The molecule has 1 spiro atoms. The predicted octanol–water partition coefficient (Wildman–Crippen LogP) is 4.05. The van der Waals surface area contributed by atoms with Gasteiger partial charge in [-0.3, -0.25) is 14.9 Å². The molecule has 0 unspecified atom stereocenters. The summed E-state index contributed by atoms with van der Waals surface area (Å²) in [6, 6.07) is 10.1. The maximum absolute atomic E-state index is 11.3. The van der Waals surface area contributed by atoms with Crippen LogP contribution in [0.25, 0.3) is 6.08 Å². The van der Waals surface area contributed by atoms with E-state index in [1.54, 1.807) is 12.1 Å². The highest BCUT2D eigenvalue weighted by Gasteiger charge is 2.57. The first-order chi connectivity index (χ1) is 13.2. The Kier molecular flexibility index (Phi) is 3.75. The van der Waals surface area contributed by atoms with Crippen LogP contribution in [0.5, 0.6) is 11.5 Å².